The highest BCUT2D eigenvalue weighted by Crippen LogP contribution is 2.57. The molecule has 2 aliphatic rings. The van der Waals surface area contributed by atoms with Gasteiger partial charge >= 0.3 is 0 Å². The summed E-state index contributed by atoms with van der Waals surface area (Å²) in [6, 6.07) is 1.64. The van der Waals surface area contributed by atoms with Gasteiger partial charge in [0.25, 0.3) is 0 Å². The van der Waals surface area contributed by atoms with E-state index in [2.05, 4.69) is 32.6 Å². The molecule has 70 valence electrons. The first kappa shape index (κ1) is 8.55. The van der Waals surface area contributed by atoms with Crippen molar-refractivity contribution in [2.24, 2.45) is 5.92 Å². The monoisotopic (exact) mass is 167 g/mol. The second kappa shape index (κ2) is 2.47. The van der Waals surface area contributed by atoms with Gasteiger partial charge in [-0.3, -0.25) is 4.90 Å². The molecule has 1 aliphatic heterocycles. The van der Waals surface area contributed by atoms with E-state index in [0.717, 1.165) is 18.0 Å². The average molecular weight is 167 g/mol. The van der Waals surface area contributed by atoms with Crippen molar-refractivity contribution in [1.82, 2.24) is 4.90 Å². The summed E-state index contributed by atoms with van der Waals surface area (Å²) in [7, 11) is 0. The van der Waals surface area contributed by atoms with Crippen molar-refractivity contribution in [3.8, 4) is 0 Å². The predicted molar refractivity (Wildman–Crippen MR) is 52.2 cm³/mol. The summed E-state index contributed by atoms with van der Waals surface area (Å²) >= 11 is 0. The zero-order valence-corrected chi connectivity index (χ0v) is 8.80. The first-order chi connectivity index (χ1) is 5.57. The summed E-state index contributed by atoms with van der Waals surface area (Å²) in [5.41, 5.74) is 0.698. The minimum atomic E-state index is 0.698. The fraction of sp³-hybridized carbons (Fsp3) is 1.00. The van der Waals surface area contributed by atoms with Crippen LogP contribution in [0.5, 0.6) is 0 Å². The summed E-state index contributed by atoms with van der Waals surface area (Å²) < 4.78 is 0. The minimum absolute atomic E-state index is 0.698. The molecule has 1 saturated carbocycles. The second-order valence-electron chi connectivity index (χ2n) is 5.24. The Kier molecular flexibility index (Phi) is 1.76. The highest BCUT2D eigenvalue weighted by atomic mass is 15.3. The van der Waals surface area contributed by atoms with Gasteiger partial charge in [-0.05, 0) is 39.0 Å². The normalized spacial score (nSPS) is 33.0. The fourth-order valence-electron chi connectivity index (χ4n) is 2.93. The zero-order chi connectivity index (χ0) is 8.93. The lowest BCUT2D eigenvalue weighted by atomic mass is 9.81. The van der Waals surface area contributed by atoms with Crippen molar-refractivity contribution in [1.29, 1.82) is 0 Å². The maximum absolute atomic E-state index is 2.76. The van der Waals surface area contributed by atoms with Gasteiger partial charge in [-0.25, -0.2) is 0 Å². The van der Waals surface area contributed by atoms with Gasteiger partial charge in [0.15, 0.2) is 0 Å². The van der Waals surface area contributed by atoms with Crippen LogP contribution in [0.15, 0.2) is 0 Å². The van der Waals surface area contributed by atoms with E-state index in [1.807, 2.05) is 0 Å². The SMILES string of the molecule is CC(C)[C@@H]1CC2(CC2)N1C(C)C. The van der Waals surface area contributed by atoms with Gasteiger partial charge in [-0.15, -0.1) is 0 Å². The van der Waals surface area contributed by atoms with Gasteiger partial charge in [0.05, 0.1) is 0 Å². The average Bonchev–Trinajstić information content (AvgIpc) is 2.59. The van der Waals surface area contributed by atoms with Crippen LogP contribution in [0.1, 0.15) is 47.0 Å². The minimum Gasteiger partial charge on any atom is -0.292 e. The van der Waals surface area contributed by atoms with E-state index in [-0.39, 0.29) is 0 Å². The van der Waals surface area contributed by atoms with Crippen molar-refractivity contribution in [2.75, 3.05) is 0 Å². The Morgan fingerprint density at radius 1 is 1.17 bits per heavy atom. The van der Waals surface area contributed by atoms with Crippen LogP contribution >= 0.6 is 0 Å². The fourth-order valence-corrected chi connectivity index (χ4v) is 2.93. The summed E-state index contributed by atoms with van der Waals surface area (Å²) in [6.45, 7) is 9.40. The van der Waals surface area contributed by atoms with Gasteiger partial charge in [0.2, 0.25) is 0 Å². The van der Waals surface area contributed by atoms with E-state index >= 15 is 0 Å². The quantitative estimate of drug-likeness (QED) is 0.611. The standard InChI is InChI=1S/C11H21N/c1-8(2)10-7-11(5-6-11)12(10)9(3)4/h8-10H,5-7H2,1-4H3/t10-/m0/s1. The van der Waals surface area contributed by atoms with Crippen molar-refractivity contribution in [3.05, 3.63) is 0 Å². The van der Waals surface area contributed by atoms with Gasteiger partial charge in [-0.2, -0.15) is 0 Å². The van der Waals surface area contributed by atoms with E-state index in [1.54, 1.807) is 0 Å². The van der Waals surface area contributed by atoms with E-state index in [0.29, 0.717) is 5.54 Å². The van der Waals surface area contributed by atoms with Crippen molar-refractivity contribution < 1.29 is 0 Å². The van der Waals surface area contributed by atoms with Crippen LogP contribution in [0.2, 0.25) is 0 Å². The first-order valence-electron chi connectivity index (χ1n) is 5.35. The molecule has 1 heterocycles. The van der Waals surface area contributed by atoms with Crippen LogP contribution in [0, 0.1) is 5.92 Å². The van der Waals surface area contributed by atoms with Crippen LogP contribution in [0.25, 0.3) is 0 Å². The Labute approximate surface area is 76.1 Å². The molecule has 1 atom stereocenters. The molecule has 12 heavy (non-hydrogen) atoms. The molecular formula is C11H21N. The smallest absolute Gasteiger partial charge is 0.0231 e. The van der Waals surface area contributed by atoms with Crippen molar-refractivity contribution in [3.63, 3.8) is 0 Å². The molecule has 0 aromatic carbocycles. The molecule has 0 aromatic heterocycles. The number of nitrogens with zero attached hydrogens (tertiary/aromatic N) is 1. The van der Waals surface area contributed by atoms with Crippen LogP contribution < -0.4 is 0 Å². The molecule has 1 nitrogen and oxygen atoms in total. The molecule has 0 bridgehead atoms. The molecule has 2 fully saturated rings. The summed E-state index contributed by atoms with van der Waals surface area (Å²) in [5, 5.41) is 0. The molecule has 1 spiro atoms. The Hall–Kier alpha value is -0.0400. The molecular weight excluding hydrogens is 146 g/mol. The third-order valence-electron chi connectivity index (χ3n) is 3.65. The lowest BCUT2D eigenvalue weighted by Gasteiger charge is -2.54. The third kappa shape index (κ3) is 1.02. The van der Waals surface area contributed by atoms with E-state index < -0.39 is 0 Å². The van der Waals surface area contributed by atoms with Crippen molar-refractivity contribution in [2.45, 2.75) is 64.6 Å². The molecule has 1 heteroatoms. The number of likely N-dealkylation sites (tertiary alicyclic amines) is 1. The van der Waals surface area contributed by atoms with Gasteiger partial charge in [0.1, 0.15) is 0 Å². The molecule has 0 N–H and O–H groups in total. The van der Waals surface area contributed by atoms with Crippen molar-refractivity contribution >= 4 is 0 Å². The van der Waals surface area contributed by atoms with Crippen LogP contribution in [0.4, 0.5) is 0 Å². The molecule has 0 radical (unpaired) electrons. The maximum atomic E-state index is 2.76. The molecule has 2 rings (SSSR count). The summed E-state index contributed by atoms with van der Waals surface area (Å²) in [5.74, 6) is 0.846. The van der Waals surface area contributed by atoms with Crippen LogP contribution in [0.3, 0.4) is 0 Å². The highest BCUT2D eigenvalue weighted by Gasteiger charge is 2.60. The molecule has 1 aliphatic carbocycles. The highest BCUT2D eigenvalue weighted by molar-refractivity contribution is 5.16. The van der Waals surface area contributed by atoms with Gasteiger partial charge in [0, 0.05) is 17.6 Å². The van der Waals surface area contributed by atoms with E-state index in [4.69, 9.17) is 0 Å². The summed E-state index contributed by atoms with van der Waals surface area (Å²) in [4.78, 5) is 2.76. The predicted octanol–water partition coefficient (Wildman–Crippen LogP) is 2.66. The molecule has 0 unspecified atom stereocenters. The lowest BCUT2D eigenvalue weighted by Crippen LogP contribution is -2.62. The Balaban J connectivity index is 2.03. The number of rotatable bonds is 2. The topological polar surface area (TPSA) is 3.24 Å². The van der Waals surface area contributed by atoms with Crippen LogP contribution in [-0.4, -0.2) is 22.5 Å². The molecule has 0 amide bonds. The first-order valence-corrected chi connectivity index (χ1v) is 5.35. The lowest BCUT2D eigenvalue weighted by molar-refractivity contribution is -0.0547. The molecule has 1 saturated heterocycles. The Morgan fingerprint density at radius 2 is 1.75 bits per heavy atom. The third-order valence-corrected chi connectivity index (χ3v) is 3.65. The zero-order valence-electron chi connectivity index (χ0n) is 8.80. The van der Waals surface area contributed by atoms with E-state index in [1.165, 1.54) is 19.3 Å². The Morgan fingerprint density at radius 3 is 2.08 bits per heavy atom. The Bertz CT molecular complexity index is 179. The van der Waals surface area contributed by atoms with Gasteiger partial charge in [-0.1, -0.05) is 13.8 Å². The maximum Gasteiger partial charge on any atom is 0.0231 e. The number of hydrogen-bond donors (Lipinski definition) is 0. The van der Waals surface area contributed by atoms with Crippen LogP contribution in [-0.2, 0) is 0 Å². The summed E-state index contributed by atoms with van der Waals surface area (Å²) in [6.07, 6.45) is 4.41. The molecule has 0 aromatic rings. The second-order valence-corrected chi connectivity index (χ2v) is 5.24. The van der Waals surface area contributed by atoms with E-state index in [9.17, 15) is 0 Å². The largest absolute Gasteiger partial charge is 0.292 e. The number of hydrogen-bond acceptors (Lipinski definition) is 1. The van der Waals surface area contributed by atoms with Gasteiger partial charge < -0.3 is 0 Å².